The van der Waals surface area contributed by atoms with Gasteiger partial charge in [0.05, 0.1) is 11.6 Å². The first-order valence-electron chi connectivity index (χ1n) is 10.9. The lowest BCUT2D eigenvalue weighted by Crippen LogP contribution is -2.09. The standard InChI is InChI=1S/C24H24N6OS/c1-15(31)28-17-8-6-16(7-9-17)10-11-27-23-21-18-4-2-3-5-20(18)32-24(21)30-22(29-23)19-14-25-12-13-26-19/h6-9,12-14H,2-5,10-11H2,1H3,(H,28,31)(H,27,29,30). The topological polar surface area (TPSA) is 92.7 Å². The average molecular weight is 445 g/mol. The molecular formula is C24H24N6OS. The maximum atomic E-state index is 11.2. The van der Waals surface area contributed by atoms with E-state index in [1.807, 2.05) is 24.3 Å². The molecule has 1 aromatic carbocycles. The van der Waals surface area contributed by atoms with Crippen LogP contribution in [0, 0.1) is 0 Å². The van der Waals surface area contributed by atoms with Crippen molar-refractivity contribution in [3.8, 4) is 11.5 Å². The molecule has 0 saturated carbocycles. The van der Waals surface area contributed by atoms with Gasteiger partial charge in [0, 0.05) is 36.4 Å². The summed E-state index contributed by atoms with van der Waals surface area (Å²) in [5.74, 6) is 1.42. The number of fused-ring (bicyclic) bond motifs is 3. The fraction of sp³-hybridized carbons (Fsp3) is 0.292. The second kappa shape index (κ2) is 9.00. The third-order valence-electron chi connectivity index (χ3n) is 5.59. The zero-order chi connectivity index (χ0) is 21.9. The lowest BCUT2D eigenvalue weighted by Gasteiger charge is -2.13. The number of carbonyl (C=O) groups excluding carboxylic acids is 1. The first kappa shape index (κ1) is 20.5. The molecule has 0 radical (unpaired) electrons. The van der Waals surface area contributed by atoms with Gasteiger partial charge in [-0.1, -0.05) is 12.1 Å². The van der Waals surface area contributed by atoms with Crippen LogP contribution in [0.5, 0.6) is 0 Å². The highest BCUT2D eigenvalue weighted by atomic mass is 32.1. The molecule has 7 nitrogen and oxygen atoms in total. The van der Waals surface area contributed by atoms with Crippen LogP contribution in [-0.2, 0) is 24.1 Å². The highest BCUT2D eigenvalue weighted by Gasteiger charge is 2.21. The number of anilines is 2. The van der Waals surface area contributed by atoms with E-state index in [1.165, 1.54) is 41.2 Å². The van der Waals surface area contributed by atoms with Crippen LogP contribution in [0.4, 0.5) is 11.5 Å². The van der Waals surface area contributed by atoms with Crippen LogP contribution >= 0.6 is 11.3 Å². The maximum Gasteiger partial charge on any atom is 0.221 e. The van der Waals surface area contributed by atoms with E-state index < -0.39 is 0 Å². The predicted molar refractivity (Wildman–Crippen MR) is 128 cm³/mol. The molecule has 0 atom stereocenters. The average Bonchev–Trinajstić information content (AvgIpc) is 3.19. The molecule has 0 bridgehead atoms. The van der Waals surface area contributed by atoms with Crippen molar-refractivity contribution in [2.24, 2.45) is 0 Å². The van der Waals surface area contributed by atoms with Crippen LogP contribution in [0.1, 0.15) is 35.8 Å². The number of benzene rings is 1. The van der Waals surface area contributed by atoms with Gasteiger partial charge >= 0.3 is 0 Å². The van der Waals surface area contributed by atoms with Gasteiger partial charge in [0.25, 0.3) is 0 Å². The minimum Gasteiger partial charge on any atom is -0.369 e. The van der Waals surface area contributed by atoms with Crippen LogP contribution in [0.25, 0.3) is 21.7 Å². The Labute approximate surface area is 190 Å². The van der Waals surface area contributed by atoms with Gasteiger partial charge in [0.2, 0.25) is 5.91 Å². The Morgan fingerprint density at radius 1 is 1.09 bits per heavy atom. The van der Waals surface area contributed by atoms with Gasteiger partial charge in [-0.2, -0.15) is 0 Å². The summed E-state index contributed by atoms with van der Waals surface area (Å²) in [6, 6.07) is 7.95. The second-order valence-electron chi connectivity index (χ2n) is 7.93. The summed E-state index contributed by atoms with van der Waals surface area (Å²) in [6.45, 7) is 2.26. The Hall–Kier alpha value is -3.39. The van der Waals surface area contributed by atoms with Crippen LogP contribution in [0.3, 0.4) is 0 Å². The summed E-state index contributed by atoms with van der Waals surface area (Å²) in [7, 11) is 0. The number of rotatable bonds is 6. The summed E-state index contributed by atoms with van der Waals surface area (Å²) in [6.07, 6.45) is 10.5. The Kier molecular flexibility index (Phi) is 5.77. The fourth-order valence-corrected chi connectivity index (χ4v) is 5.36. The number of nitrogens with one attached hydrogen (secondary N) is 2. The Morgan fingerprint density at radius 3 is 2.72 bits per heavy atom. The zero-order valence-corrected chi connectivity index (χ0v) is 18.7. The van der Waals surface area contributed by atoms with Crippen molar-refractivity contribution in [1.82, 2.24) is 19.9 Å². The monoisotopic (exact) mass is 444 g/mol. The normalized spacial score (nSPS) is 13.0. The number of hydrogen-bond donors (Lipinski definition) is 2. The number of aryl methyl sites for hydroxylation is 2. The molecule has 0 unspecified atom stereocenters. The molecule has 8 heteroatoms. The molecule has 3 aromatic heterocycles. The number of hydrogen-bond acceptors (Lipinski definition) is 7. The van der Waals surface area contributed by atoms with E-state index in [-0.39, 0.29) is 5.91 Å². The number of thiophene rings is 1. The fourth-order valence-electron chi connectivity index (χ4n) is 4.10. The number of carbonyl (C=O) groups is 1. The van der Waals surface area contributed by atoms with Gasteiger partial charge in [-0.3, -0.25) is 9.78 Å². The highest BCUT2D eigenvalue weighted by Crippen LogP contribution is 2.39. The van der Waals surface area contributed by atoms with Gasteiger partial charge in [-0.25, -0.2) is 15.0 Å². The number of aromatic nitrogens is 4. The van der Waals surface area contributed by atoms with E-state index in [1.54, 1.807) is 29.9 Å². The van der Waals surface area contributed by atoms with Crippen LogP contribution in [0.2, 0.25) is 0 Å². The van der Waals surface area contributed by atoms with Gasteiger partial charge in [-0.15, -0.1) is 11.3 Å². The molecule has 2 N–H and O–H groups in total. The molecule has 1 aliphatic rings. The molecule has 4 aromatic rings. The van der Waals surface area contributed by atoms with E-state index in [2.05, 4.69) is 20.6 Å². The largest absolute Gasteiger partial charge is 0.369 e. The van der Waals surface area contributed by atoms with Crippen LogP contribution in [0.15, 0.2) is 42.9 Å². The van der Waals surface area contributed by atoms with Crippen molar-refractivity contribution >= 4 is 39.0 Å². The summed E-state index contributed by atoms with van der Waals surface area (Å²) in [5.41, 5.74) is 4.09. The third-order valence-corrected chi connectivity index (χ3v) is 6.77. The molecule has 0 aliphatic heterocycles. The molecule has 32 heavy (non-hydrogen) atoms. The summed E-state index contributed by atoms with van der Waals surface area (Å²) in [5, 5.41) is 7.53. The van der Waals surface area contributed by atoms with Crippen molar-refractivity contribution in [3.05, 3.63) is 58.9 Å². The SMILES string of the molecule is CC(=O)Nc1ccc(CCNc2nc(-c3cnccn3)nc3sc4c(c23)CCCC4)cc1. The summed E-state index contributed by atoms with van der Waals surface area (Å²) < 4.78 is 0. The van der Waals surface area contributed by atoms with Gasteiger partial charge in [-0.05, 0) is 55.4 Å². The van der Waals surface area contributed by atoms with E-state index in [0.717, 1.165) is 42.1 Å². The molecule has 0 spiro atoms. The molecule has 0 saturated heterocycles. The van der Waals surface area contributed by atoms with E-state index in [9.17, 15) is 4.79 Å². The lowest BCUT2D eigenvalue weighted by atomic mass is 9.97. The Morgan fingerprint density at radius 2 is 1.94 bits per heavy atom. The Balaban J connectivity index is 1.41. The van der Waals surface area contributed by atoms with Crippen LogP contribution < -0.4 is 10.6 Å². The van der Waals surface area contributed by atoms with Crippen molar-refractivity contribution in [2.75, 3.05) is 17.2 Å². The first-order valence-corrected chi connectivity index (χ1v) is 11.7. The minimum atomic E-state index is -0.0646. The van der Waals surface area contributed by atoms with E-state index in [0.29, 0.717) is 11.5 Å². The highest BCUT2D eigenvalue weighted by molar-refractivity contribution is 7.19. The molecule has 3 heterocycles. The van der Waals surface area contributed by atoms with Gasteiger partial charge in [0.1, 0.15) is 16.3 Å². The lowest BCUT2D eigenvalue weighted by molar-refractivity contribution is -0.114. The minimum absolute atomic E-state index is 0.0646. The van der Waals surface area contributed by atoms with Crippen LogP contribution in [-0.4, -0.2) is 32.4 Å². The summed E-state index contributed by atoms with van der Waals surface area (Å²) in [4.78, 5) is 31.9. The van der Waals surface area contributed by atoms with E-state index in [4.69, 9.17) is 9.97 Å². The predicted octanol–water partition coefficient (Wildman–Crippen LogP) is 4.64. The molecule has 1 amide bonds. The maximum absolute atomic E-state index is 11.2. The van der Waals surface area contributed by atoms with Gasteiger partial charge in [0.15, 0.2) is 5.82 Å². The molecular weight excluding hydrogens is 420 g/mol. The molecule has 162 valence electrons. The quantitative estimate of drug-likeness (QED) is 0.450. The van der Waals surface area contributed by atoms with Crippen molar-refractivity contribution in [2.45, 2.75) is 39.0 Å². The molecule has 0 fully saturated rings. The Bertz CT molecular complexity index is 1250. The smallest absolute Gasteiger partial charge is 0.221 e. The van der Waals surface area contributed by atoms with Crippen molar-refractivity contribution < 1.29 is 4.79 Å². The summed E-state index contributed by atoms with van der Waals surface area (Å²) >= 11 is 1.79. The van der Waals surface area contributed by atoms with E-state index >= 15 is 0 Å². The first-order chi connectivity index (χ1) is 15.7. The molecule has 1 aliphatic carbocycles. The second-order valence-corrected chi connectivity index (χ2v) is 9.02. The van der Waals surface area contributed by atoms with Crippen molar-refractivity contribution in [3.63, 3.8) is 0 Å². The molecule has 5 rings (SSSR count). The number of amides is 1. The zero-order valence-electron chi connectivity index (χ0n) is 17.9. The number of nitrogens with zero attached hydrogens (tertiary/aromatic N) is 4. The van der Waals surface area contributed by atoms with Crippen molar-refractivity contribution in [1.29, 1.82) is 0 Å². The third kappa shape index (κ3) is 4.31. The van der Waals surface area contributed by atoms with Gasteiger partial charge < -0.3 is 10.6 Å².